The highest BCUT2D eigenvalue weighted by Crippen LogP contribution is 2.36. The van der Waals surface area contributed by atoms with Gasteiger partial charge in [0.15, 0.2) is 0 Å². The zero-order chi connectivity index (χ0) is 11.7. The molecule has 0 aliphatic heterocycles. The second kappa shape index (κ2) is 4.40. The van der Waals surface area contributed by atoms with Gasteiger partial charge in [0.2, 0.25) is 0 Å². The van der Waals surface area contributed by atoms with Gasteiger partial charge >= 0.3 is 0 Å². The van der Waals surface area contributed by atoms with E-state index in [4.69, 9.17) is 23.2 Å². The lowest BCUT2D eigenvalue weighted by atomic mass is 10.0. The smallest absolute Gasteiger partial charge is 0.134 e. The summed E-state index contributed by atoms with van der Waals surface area (Å²) in [4.78, 5) is 0. The van der Waals surface area contributed by atoms with Crippen LogP contribution in [-0.2, 0) is 0 Å². The first kappa shape index (κ1) is 11.4. The molecule has 2 aromatic carbocycles. The molecule has 4 heteroatoms. The zero-order valence-corrected chi connectivity index (χ0v) is 9.41. The van der Waals surface area contributed by atoms with Gasteiger partial charge in [-0.05, 0) is 18.2 Å². The van der Waals surface area contributed by atoms with Crippen LogP contribution >= 0.6 is 23.2 Å². The van der Waals surface area contributed by atoms with Gasteiger partial charge in [0.25, 0.3) is 0 Å². The minimum Gasteiger partial charge on any atom is -0.206 e. The molecule has 2 rings (SSSR count). The predicted molar refractivity (Wildman–Crippen MR) is 60.7 cm³/mol. The van der Waals surface area contributed by atoms with Gasteiger partial charge in [0.1, 0.15) is 11.6 Å². The summed E-state index contributed by atoms with van der Waals surface area (Å²) in [6, 6.07) is 9.20. The first-order valence-electron chi connectivity index (χ1n) is 4.41. The van der Waals surface area contributed by atoms with E-state index in [1.165, 1.54) is 18.2 Å². The Morgan fingerprint density at radius 1 is 0.938 bits per heavy atom. The van der Waals surface area contributed by atoms with Gasteiger partial charge in [0.05, 0.1) is 15.6 Å². The van der Waals surface area contributed by atoms with Crippen LogP contribution in [0.1, 0.15) is 0 Å². The summed E-state index contributed by atoms with van der Waals surface area (Å²) in [5, 5.41) is 0.282. The quantitative estimate of drug-likeness (QED) is 0.693. The monoisotopic (exact) mass is 257 g/mol. The van der Waals surface area contributed by atoms with Crippen LogP contribution in [0.25, 0.3) is 11.1 Å². The van der Waals surface area contributed by atoms with Crippen LogP contribution < -0.4 is 0 Å². The lowest BCUT2D eigenvalue weighted by Gasteiger charge is -2.08. The molecule has 0 atom stereocenters. The molecule has 0 saturated carbocycles. The summed E-state index contributed by atoms with van der Waals surface area (Å²) < 4.78 is 27.0. The number of hydrogen-bond acceptors (Lipinski definition) is 0. The van der Waals surface area contributed by atoms with E-state index in [2.05, 4.69) is 6.07 Å². The second-order valence-corrected chi connectivity index (χ2v) is 3.90. The number of hydrogen-bond donors (Lipinski definition) is 0. The second-order valence-electron chi connectivity index (χ2n) is 3.11. The van der Waals surface area contributed by atoms with Gasteiger partial charge in [-0.15, -0.1) is 0 Å². The van der Waals surface area contributed by atoms with Crippen molar-refractivity contribution < 1.29 is 8.78 Å². The van der Waals surface area contributed by atoms with Crippen molar-refractivity contribution in [2.75, 3.05) is 0 Å². The Bertz CT molecular complexity index is 449. The predicted octanol–water partition coefficient (Wildman–Crippen LogP) is 4.74. The Labute approximate surface area is 101 Å². The highest BCUT2D eigenvalue weighted by Gasteiger charge is 2.16. The van der Waals surface area contributed by atoms with Gasteiger partial charge in [-0.25, -0.2) is 8.78 Å². The van der Waals surface area contributed by atoms with Gasteiger partial charge in [-0.1, -0.05) is 35.3 Å². The summed E-state index contributed by atoms with van der Waals surface area (Å²) in [5.41, 5.74) is -0.101. The van der Waals surface area contributed by atoms with E-state index >= 15 is 0 Å². The molecule has 0 N–H and O–H groups in total. The van der Waals surface area contributed by atoms with E-state index in [1.54, 1.807) is 0 Å². The molecule has 16 heavy (non-hydrogen) atoms. The Morgan fingerprint density at radius 2 is 1.56 bits per heavy atom. The van der Waals surface area contributed by atoms with Crippen LogP contribution in [0.15, 0.2) is 30.3 Å². The maximum atomic E-state index is 13.5. The molecule has 0 spiro atoms. The zero-order valence-electron chi connectivity index (χ0n) is 7.90. The molecule has 0 aliphatic rings. The number of benzene rings is 2. The normalized spacial score (nSPS) is 10.5. The van der Waals surface area contributed by atoms with Crippen LogP contribution in [0.3, 0.4) is 0 Å². The van der Waals surface area contributed by atoms with Gasteiger partial charge in [-0.2, -0.15) is 0 Å². The van der Waals surface area contributed by atoms with Crippen LogP contribution in [-0.4, -0.2) is 0 Å². The van der Waals surface area contributed by atoms with Crippen LogP contribution in [0.5, 0.6) is 0 Å². The molecule has 1 radical (unpaired) electrons. The molecular formula is C12H5Cl2F2. The fourth-order valence-corrected chi connectivity index (χ4v) is 1.97. The van der Waals surface area contributed by atoms with Crippen molar-refractivity contribution in [3.8, 4) is 11.1 Å². The van der Waals surface area contributed by atoms with Crippen molar-refractivity contribution >= 4 is 23.2 Å². The third-order valence-electron chi connectivity index (χ3n) is 2.11. The van der Waals surface area contributed by atoms with E-state index in [-0.39, 0.29) is 21.2 Å². The van der Waals surface area contributed by atoms with Crippen molar-refractivity contribution in [1.29, 1.82) is 0 Å². The summed E-state index contributed by atoms with van der Waals surface area (Å²) in [6.45, 7) is 0. The van der Waals surface area contributed by atoms with E-state index in [0.717, 1.165) is 12.1 Å². The molecule has 0 aliphatic carbocycles. The molecule has 0 aromatic heterocycles. The summed E-state index contributed by atoms with van der Waals surface area (Å²) in [5.74, 6) is -1.41. The van der Waals surface area contributed by atoms with Crippen molar-refractivity contribution in [3.05, 3.63) is 58.1 Å². The SMILES string of the molecule is Fc1cccc(F)c1-c1c(Cl)[c]ccc1Cl. The molecule has 0 saturated heterocycles. The molecule has 0 unspecified atom stereocenters. The number of rotatable bonds is 1. The van der Waals surface area contributed by atoms with E-state index in [9.17, 15) is 8.78 Å². The van der Waals surface area contributed by atoms with Gasteiger partial charge in [0, 0.05) is 11.6 Å². The Balaban J connectivity index is 2.77. The highest BCUT2D eigenvalue weighted by atomic mass is 35.5. The molecule has 0 bridgehead atoms. The molecule has 81 valence electrons. The Hall–Kier alpha value is -1.12. The van der Waals surface area contributed by atoms with Crippen LogP contribution in [0, 0.1) is 17.7 Å². The molecular weight excluding hydrogens is 253 g/mol. The molecule has 0 fully saturated rings. The molecule has 0 heterocycles. The van der Waals surface area contributed by atoms with Crippen molar-refractivity contribution in [2.45, 2.75) is 0 Å². The average molecular weight is 258 g/mol. The largest absolute Gasteiger partial charge is 0.206 e. The van der Waals surface area contributed by atoms with Crippen molar-refractivity contribution in [3.63, 3.8) is 0 Å². The molecule has 2 aromatic rings. The average Bonchev–Trinajstić information content (AvgIpc) is 2.21. The first-order chi connectivity index (χ1) is 7.61. The fourth-order valence-electron chi connectivity index (χ4n) is 1.41. The summed E-state index contributed by atoms with van der Waals surface area (Å²) >= 11 is 11.7. The maximum absolute atomic E-state index is 13.5. The third kappa shape index (κ3) is 1.91. The molecule has 0 amide bonds. The van der Waals surface area contributed by atoms with Crippen molar-refractivity contribution in [2.24, 2.45) is 0 Å². The molecule has 0 nitrogen and oxygen atoms in total. The lowest BCUT2D eigenvalue weighted by Crippen LogP contribution is -1.91. The third-order valence-corrected chi connectivity index (χ3v) is 2.72. The van der Waals surface area contributed by atoms with Crippen LogP contribution in [0.4, 0.5) is 8.78 Å². The standard InChI is InChI=1S/C12H5Cl2F2/c13-7-3-1-4-8(14)11(7)12-9(15)5-2-6-10(12)16/h1-3,5-6H. The highest BCUT2D eigenvalue weighted by molar-refractivity contribution is 6.39. The van der Waals surface area contributed by atoms with Gasteiger partial charge < -0.3 is 0 Å². The van der Waals surface area contributed by atoms with Crippen LogP contribution in [0.2, 0.25) is 10.0 Å². The van der Waals surface area contributed by atoms with Gasteiger partial charge in [-0.3, -0.25) is 0 Å². The number of halogens is 4. The summed E-state index contributed by atoms with van der Waals surface area (Å²) in [6.07, 6.45) is 0. The minimum absolute atomic E-state index is 0.0940. The lowest BCUT2D eigenvalue weighted by molar-refractivity contribution is 0.589. The maximum Gasteiger partial charge on any atom is 0.134 e. The Kier molecular flexibility index (Phi) is 3.13. The van der Waals surface area contributed by atoms with E-state index < -0.39 is 11.6 Å². The Morgan fingerprint density at radius 3 is 2.12 bits per heavy atom. The van der Waals surface area contributed by atoms with Crippen molar-refractivity contribution in [1.82, 2.24) is 0 Å². The van der Waals surface area contributed by atoms with E-state index in [0.29, 0.717) is 0 Å². The van der Waals surface area contributed by atoms with E-state index in [1.807, 2.05) is 0 Å². The fraction of sp³-hybridized carbons (Fsp3) is 0. The minimum atomic E-state index is -0.705. The summed E-state index contributed by atoms with van der Waals surface area (Å²) in [7, 11) is 0. The topological polar surface area (TPSA) is 0 Å². The first-order valence-corrected chi connectivity index (χ1v) is 5.17.